The third kappa shape index (κ3) is 4.30. The number of halogens is 1. The quantitative estimate of drug-likeness (QED) is 0.441. The highest BCUT2D eigenvalue weighted by Gasteiger charge is 2.08. The van der Waals surface area contributed by atoms with Gasteiger partial charge < -0.3 is 4.74 Å². The van der Waals surface area contributed by atoms with Gasteiger partial charge in [0.05, 0.1) is 6.61 Å². The van der Waals surface area contributed by atoms with Crippen molar-refractivity contribution in [2.24, 2.45) is 0 Å². The molecule has 3 nitrogen and oxygen atoms in total. The summed E-state index contributed by atoms with van der Waals surface area (Å²) in [6, 6.07) is 4.89. The first-order valence-corrected chi connectivity index (χ1v) is 5.41. The van der Waals surface area contributed by atoms with Gasteiger partial charge >= 0.3 is 5.97 Å². The summed E-state index contributed by atoms with van der Waals surface area (Å²) in [6.45, 7) is 2.54. The van der Waals surface area contributed by atoms with Gasteiger partial charge in [0.2, 0.25) is 0 Å². The molecule has 0 amide bonds. The van der Waals surface area contributed by atoms with E-state index >= 15 is 0 Å². The highest BCUT2D eigenvalue weighted by molar-refractivity contribution is 6.29. The van der Waals surface area contributed by atoms with Crippen molar-refractivity contribution in [3.05, 3.63) is 29.0 Å². The third-order valence-corrected chi connectivity index (χ3v) is 2.12. The van der Waals surface area contributed by atoms with E-state index in [9.17, 15) is 4.79 Å². The van der Waals surface area contributed by atoms with E-state index < -0.39 is 5.97 Å². The fourth-order valence-corrected chi connectivity index (χ4v) is 1.28. The minimum Gasteiger partial charge on any atom is -0.461 e. The normalized spacial score (nSPS) is 10.0. The van der Waals surface area contributed by atoms with E-state index in [1.54, 1.807) is 18.2 Å². The largest absolute Gasteiger partial charge is 0.461 e. The average Bonchev–Trinajstić information content (AvgIpc) is 2.24. The van der Waals surface area contributed by atoms with Crippen LogP contribution in [0.15, 0.2) is 18.2 Å². The molecule has 0 radical (unpaired) electrons. The van der Waals surface area contributed by atoms with Crippen LogP contribution in [0.25, 0.3) is 0 Å². The molecule has 0 aromatic carbocycles. The predicted molar refractivity (Wildman–Crippen MR) is 59.1 cm³/mol. The van der Waals surface area contributed by atoms with Crippen LogP contribution < -0.4 is 0 Å². The van der Waals surface area contributed by atoms with E-state index in [0.717, 1.165) is 19.3 Å². The lowest BCUT2D eigenvalue weighted by atomic mass is 10.3. The average molecular weight is 228 g/mol. The highest BCUT2D eigenvalue weighted by atomic mass is 35.5. The zero-order valence-electron chi connectivity index (χ0n) is 8.70. The van der Waals surface area contributed by atoms with Crippen molar-refractivity contribution in [2.45, 2.75) is 26.2 Å². The molecule has 0 spiro atoms. The Kier molecular flexibility index (Phi) is 5.12. The molecule has 0 aliphatic carbocycles. The minimum atomic E-state index is -0.409. The van der Waals surface area contributed by atoms with Gasteiger partial charge in [-0.05, 0) is 18.6 Å². The van der Waals surface area contributed by atoms with Crippen LogP contribution >= 0.6 is 11.6 Å². The lowest BCUT2D eigenvalue weighted by molar-refractivity contribution is 0.0491. The number of hydrogen-bond donors (Lipinski definition) is 0. The molecule has 1 aromatic heterocycles. The summed E-state index contributed by atoms with van der Waals surface area (Å²) in [5, 5.41) is 0.304. The van der Waals surface area contributed by atoms with Crippen molar-refractivity contribution in [1.29, 1.82) is 0 Å². The van der Waals surface area contributed by atoms with E-state index in [1.807, 2.05) is 0 Å². The Morgan fingerprint density at radius 1 is 1.47 bits per heavy atom. The van der Waals surface area contributed by atoms with Crippen molar-refractivity contribution in [3.63, 3.8) is 0 Å². The molecule has 0 bridgehead atoms. The molecule has 1 aromatic rings. The van der Waals surface area contributed by atoms with E-state index in [0.29, 0.717) is 11.8 Å². The SMILES string of the molecule is CCCCCOC(=O)c1cccc(Cl)n1. The second kappa shape index (κ2) is 6.40. The number of aromatic nitrogens is 1. The number of nitrogens with zero attached hydrogens (tertiary/aromatic N) is 1. The van der Waals surface area contributed by atoms with Crippen LogP contribution in [0.1, 0.15) is 36.7 Å². The first-order valence-electron chi connectivity index (χ1n) is 5.03. The lowest BCUT2D eigenvalue weighted by Crippen LogP contribution is -2.08. The molecule has 0 atom stereocenters. The van der Waals surface area contributed by atoms with Gasteiger partial charge in [-0.15, -0.1) is 0 Å². The van der Waals surface area contributed by atoms with Crippen molar-refractivity contribution in [1.82, 2.24) is 4.98 Å². The maximum atomic E-state index is 11.4. The number of pyridine rings is 1. The molecule has 0 fully saturated rings. The molecular weight excluding hydrogens is 214 g/mol. The first-order chi connectivity index (χ1) is 7.24. The number of unbranched alkanes of at least 4 members (excludes halogenated alkanes) is 2. The molecule has 1 rings (SSSR count). The second-order valence-corrected chi connectivity index (χ2v) is 3.58. The lowest BCUT2D eigenvalue weighted by Gasteiger charge is -2.03. The second-order valence-electron chi connectivity index (χ2n) is 3.19. The summed E-state index contributed by atoms with van der Waals surface area (Å²) in [6.07, 6.45) is 3.06. The molecule has 15 heavy (non-hydrogen) atoms. The van der Waals surface area contributed by atoms with Crippen LogP contribution in [0.3, 0.4) is 0 Å². The summed E-state index contributed by atoms with van der Waals surface area (Å²) in [5.41, 5.74) is 0.263. The Morgan fingerprint density at radius 3 is 2.93 bits per heavy atom. The van der Waals surface area contributed by atoms with E-state index in [2.05, 4.69) is 11.9 Å². The molecule has 0 unspecified atom stereocenters. The number of hydrogen-bond acceptors (Lipinski definition) is 3. The van der Waals surface area contributed by atoms with Crippen LogP contribution in [0, 0.1) is 0 Å². The smallest absolute Gasteiger partial charge is 0.356 e. The maximum absolute atomic E-state index is 11.4. The van der Waals surface area contributed by atoms with Gasteiger partial charge in [0, 0.05) is 0 Å². The molecule has 1 heterocycles. The molecular formula is C11H14ClNO2. The monoisotopic (exact) mass is 227 g/mol. The fraction of sp³-hybridized carbons (Fsp3) is 0.455. The molecule has 0 saturated carbocycles. The minimum absolute atomic E-state index is 0.263. The van der Waals surface area contributed by atoms with Crippen molar-refractivity contribution >= 4 is 17.6 Å². The fourth-order valence-electron chi connectivity index (χ4n) is 1.11. The van der Waals surface area contributed by atoms with E-state index in [1.165, 1.54) is 0 Å². The topological polar surface area (TPSA) is 39.2 Å². The van der Waals surface area contributed by atoms with Crippen LogP contribution in [-0.4, -0.2) is 17.6 Å². The van der Waals surface area contributed by atoms with Gasteiger partial charge in [0.15, 0.2) is 0 Å². The maximum Gasteiger partial charge on any atom is 0.356 e. The predicted octanol–water partition coefficient (Wildman–Crippen LogP) is 3.08. The molecule has 0 saturated heterocycles. The summed E-state index contributed by atoms with van der Waals surface area (Å²) < 4.78 is 5.03. The number of rotatable bonds is 5. The van der Waals surface area contributed by atoms with Crippen LogP contribution in [0.5, 0.6) is 0 Å². The molecule has 82 valence electrons. The van der Waals surface area contributed by atoms with Crippen molar-refractivity contribution in [2.75, 3.05) is 6.61 Å². The Bertz CT molecular complexity index is 328. The van der Waals surface area contributed by atoms with Gasteiger partial charge in [-0.25, -0.2) is 9.78 Å². The summed E-state index contributed by atoms with van der Waals surface area (Å²) in [5.74, 6) is -0.409. The standard InChI is InChI=1S/C11H14ClNO2/c1-2-3-4-8-15-11(14)9-6-5-7-10(12)13-9/h5-7H,2-4,8H2,1H3. The first kappa shape index (κ1) is 12.0. The third-order valence-electron chi connectivity index (χ3n) is 1.91. The van der Waals surface area contributed by atoms with Gasteiger partial charge in [-0.2, -0.15) is 0 Å². The van der Waals surface area contributed by atoms with Crippen LogP contribution in [0.2, 0.25) is 5.15 Å². The zero-order valence-corrected chi connectivity index (χ0v) is 9.46. The molecule has 0 N–H and O–H groups in total. The van der Waals surface area contributed by atoms with Crippen LogP contribution in [0.4, 0.5) is 0 Å². The number of carbonyl (C=O) groups excluding carboxylic acids is 1. The molecule has 0 aliphatic rings. The zero-order chi connectivity index (χ0) is 11.1. The molecule has 4 heteroatoms. The van der Waals surface area contributed by atoms with Gasteiger partial charge in [0.25, 0.3) is 0 Å². The van der Waals surface area contributed by atoms with E-state index in [-0.39, 0.29) is 5.69 Å². The Balaban J connectivity index is 2.40. The summed E-state index contributed by atoms with van der Waals surface area (Å²) in [4.78, 5) is 15.3. The van der Waals surface area contributed by atoms with Gasteiger partial charge in [0.1, 0.15) is 10.8 Å². The Labute approximate surface area is 94.4 Å². The van der Waals surface area contributed by atoms with E-state index in [4.69, 9.17) is 16.3 Å². The van der Waals surface area contributed by atoms with Crippen molar-refractivity contribution in [3.8, 4) is 0 Å². The summed E-state index contributed by atoms with van der Waals surface area (Å²) >= 11 is 5.65. The Hall–Kier alpha value is -1.09. The van der Waals surface area contributed by atoms with Crippen molar-refractivity contribution < 1.29 is 9.53 Å². The number of ether oxygens (including phenoxy) is 1. The Morgan fingerprint density at radius 2 is 2.27 bits per heavy atom. The van der Waals surface area contributed by atoms with Crippen LogP contribution in [-0.2, 0) is 4.74 Å². The number of carbonyl (C=O) groups is 1. The van der Waals surface area contributed by atoms with Gasteiger partial charge in [-0.3, -0.25) is 0 Å². The number of esters is 1. The highest BCUT2D eigenvalue weighted by Crippen LogP contribution is 2.06. The van der Waals surface area contributed by atoms with Gasteiger partial charge in [-0.1, -0.05) is 37.4 Å². The summed E-state index contributed by atoms with van der Waals surface area (Å²) in [7, 11) is 0. The molecule has 0 aliphatic heterocycles.